The number of aromatic nitrogens is 4. The Hall–Kier alpha value is -7.74. The smallest absolute Gasteiger partial charge is 0.309 e. The van der Waals surface area contributed by atoms with Gasteiger partial charge in [0.1, 0.15) is 0 Å². The first-order valence-corrected chi connectivity index (χ1v) is 30.1. The molecule has 0 spiro atoms. The zero-order chi connectivity index (χ0) is 60.7. The number of hydrogen-bond acceptors (Lipinski definition) is 8. The summed E-state index contributed by atoms with van der Waals surface area (Å²) in [6.45, 7) is 27.7. The van der Waals surface area contributed by atoms with Crippen LogP contribution in [0.15, 0.2) is 60.7 Å². The quantitative estimate of drug-likeness (QED) is 0.0869. The Morgan fingerprint density at radius 1 is 0.500 bits per heavy atom. The number of H-pyrrole nitrogens is 2. The topological polar surface area (TPSA) is 207 Å². The summed E-state index contributed by atoms with van der Waals surface area (Å²) < 4.78 is 0. The molecule has 2 saturated carbocycles. The van der Waals surface area contributed by atoms with Crippen molar-refractivity contribution < 1.29 is 39.0 Å². The molecule has 4 amide bonds. The number of benzene rings is 2. The van der Waals surface area contributed by atoms with Crippen molar-refractivity contribution in [3.63, 3.8) is 0 Å². The Bertz CT molecular complexity index is 3840. The van der Waals surface area contributed by atoms with E-state index >= 15 is 0 Å². The van der Waals surface area contributed by atoms with Crippen LogP contribution in [0.1, 0.15) is 191 Å². The molecule has 2 aliphatic carbocycles. The number of aryl methyl sites for hydroxylation is 4. The van der Waals surface area contributed by atoms with Crippen molar-refractivity contribution in [2.24, 2.45) is 32.5 Å². The minimum Gasteiger partial charge on any atom is -0.481 e. The molecule has 4 fully saturated rings. The largest absolute Gasteiger partial charge is 0.481 e. The van der Waals surface area contributed by atoms with Gasteiger partial charge in [-0.3, -0.25) is 38.6 Å². The van der Waals surface area contributed by atoms with Crippen LogP contribution in [0.2, 0.25) is 0 Å². The van der Waals surface area contributed by atoms with Gasteiger partial charge in [-0.05, 0) is 185 Å². The fraction of sp³-hybridized carbons (Fsp3) is 0.457. The zero-order valence-corrected chi connectivity index (χ0v) is 51.4. The van der Waals surface area contributed by atoms with Gasteiger partial charge in [0, 0.05) is 43.8 Å². The molecule has 438 valence electrons. The third-order valence-corrected chi connectivity index (χ3v) is 20.5. The monoisotopic (exact) mass is 1130 g/mol. The van der Waals surface area contributed by atoms with Gasteiger partial charge >= 0.3 is 11.9 Å². The lowest BCUT2D eigenvalue weighted by Gasteiger charge is -2.55. The van der Waals surface area contributed by atoms with E-state index in [2.05, 4.69) is 83.6 Å². The van der Waals surface area contributed by atoms with Crippen LogP contribution in [0.3, 0.4) is 0 Å². The number of likely N-dealkylation sites (tertiary alicyclic amines) is 2. The molecule has 5 aromatic rings. The summed E-state index contributed by atoms with van der Waals surface area (Å²) in [4.78, 5) is 107. The molecule has 2 unspecified atom stereocenters. The standard InChI is InChI=1S/C70H80N6O8/c1-15-43-37(5)55-53(47-25-21-19-23-41(47)29-75-59(77)65(9)31-66(10,60(75)78)34-69(13,33-65)63(81)82)56-39(7)45(17-3)51(73-56)28-52-46(18-4)40(8)58(74-52)54(57-38(6)44(16-2)50(72-57)27-49(43)71-55)48-26-22-20-24-42(48)30-76-61(79)67(11)32-68(12,62(76)80)36-70(14,35-67)64(83)84/h19-28,71,73H,15-18,29-36H2,1-14H3,(H,81,82)(H,83,84)/t65-,66+,67-,68+,69?,70?. The summed E-state index contributed by atoms with van der Waals surface area (Å²) in [5.74, 6) is -3.41. The van der Waals surface area contributed by atoms with E-state index in [-0.39, 0.29) is 68.8 Å². The number of carbonyl (C=O) groups is 6. The van der Waals surface area contributed by atoms with E-state index in [1.54, 1.807) is 13.8 Å². The predicted octanol–water partition coefficient (Wildman–Crippen LogP) is 14.4. The fourth-order valence-corrected chi connectivity index (χ4v) is 17.2. The van der Waals surface area contributed by atoms with Gasteiger partial charge < -0.3 is 20.2 Å². The minimum atomic E-state index is -1.23. The molecule has 84 heavy (non-hydrogen) atoms. The van der Waals surface area contributed by atoms with Crippen molar-refractivity contribution in [1.29, 1.82) is 0 Å². The van der Waals surface area contributed by atoms with Gasteiger partial charge in [-0.1, -0.05) is 104 Å². The number of allylic oxidation sites excluding steroid dienone is 4. The Kier molecular flexibility index (Phi) is 13.8. The van der Waals surface area contributed by atoms with Crippen molar-refractivity contribution in [3.05, 3.63) is 117 Å². The predicted molar refractivity (Wildman–Crippen MR) is 328 cm³/mol. The average Bonchev–Trinajstić information content (AvgIpc) is 1.23. The van der Waals surface area contributed by atoms with E-state index in [0.717, 1.165) is 123 Å². The van der Waals surface area contributed by atoms with E-state index < -0.39 is 44.4 Å². The number of carbonyl (C=O) groups excluding carboxylic acids is 4. The van der Waals surface area contributed by atoms with Crippen LogP contribution in [0.4, 0.5) is 0 Å². The fourth-order valence-electron chi connectivity index (χ4n) is 17.2. The van der Waals surface area contributed by atoms with E-state index in [4.69, 9.17) is 9.97 Å². The normalized spacial score (nSPS) is 26.9. The van der Waals surface area contributed by atoms with Crippen LogP contribution >= 0.6 is 0 Å². The van der Waals surface area contributed by atoms with Crippen molar-refractivity contribution in [1.82, 2.24) is 29.7 Å². The van der Waals surface area contributed by atoms with Crippen LogP contribution < -0.4 is 0 Å². The number of aromatic amines is 2. The first-order valence-electron chi connectivity index (χ1n) is 30.1. The highest BCUT2D eigenvalue weighted by Gasteiger charge is 2.65. The number of fused-ring (bicyclic) bond motifs is 12. The number of carboxylic acids is 2. The van der Waals surface area contributed by atoms with E-state index in [9.17, 15) is 39.0 Å². The molecule has 6 aliphatic rings. The minimum absolute atomic E-state index is 0.00139. The van der Waals surface area contributed by atoms with Crippen LogP contribution in [-0.2, 0) is 54.7 Å². The number of carboxylic acid groups (broad SMARTS) is 2. The molecule has 11 rings (SSSR count). The summed E-state index contributed by atoms with van der Waals surface area (Å²) in [6.07, 6.45) is 3.84. The van der Waals surface area contributed by atoms with Crippen molar-refractivity contribution in [2.45, 2.75) is 174 Å². The number of piperidine rings is 2. The number of nitrogens with one attached hydrogen (secondary N) is 2. The molecular formula is C70H80N6O8. The number of amides is 4. The molecule has 4 N–H and O–H groups in total. The van der Waals surface area contributed by atoms with Crippen LogP contribution in [-0.4, -0.2) is 75.5 Å². The number of aliphatic carboxylic acids is 2. The maximum Gasteiger partial charge on any atom is 0.309 e. The van der Waals surface area contributed by atoms with Gasteiger partial charge in [-0.25, -0.2) is 9.97 Å². The second-order valence-electron chi connectivity index (χ2n) is 27.1. The zero-order valence-electron chi connectivity index (χ0n) is 51.4. The Morgan fingerprint density at radius 3 is 1.15 bits per heavy atom. The van der Waals surface area contributed by atoms with Crippen molar-refractivity contribution in [3.8, 4) is 22.3 Å². The Balaban J connectivity index is 1.16. The lowest BCUT2D eigenvalue weighted by atomic mass is 9.51. The highest BCUT2D eigenvalue weighted by Crippen LogP contribution is 2.61. The SMILES string of the molecule is CCC1=C(C)c2nc1cc1[nH]c(c(C)c1CC)c(-c1ccccc1CN1C(=O)[C@@]3(C)CC(C)(C(=O)O)C[C@](C)(C3)C1=O)c1[nH]c(cc3nc(c2-c2ccccc2CN2C(=O)[C@@]4(C)CC(C)(C(=O)O)C[C@](C)(C4)C2=O)C(C)=C3CC)c(CC)c1C. The molecule has 2 saturated heterocycles. The first kappa shape index (κ1) is 58.1. The van der Waals surface area contributed by atoms with Crippen molar-refractivity contribution in [2.75, 3.05) is 0 Å². The third-order valence-electron chi connectivity index (χ3n) is 20.5. The summed E-state index contributed by atoms with van der Waals surface area (Å²) >= 11 is 0. The molecule has 14 nitrogen and oxygen atoms in total. The summed E-state index contributed by atoms with van der Waals surface area (Å²) in [5, 5.41) is 20.8. The molecule has 0 radical (unpaired) electrons. The summed E-state index contributed by atoms with van der Waals surface area (Å²) in [5.41, 5.74) is 13.1. The van der Waals surface area contributed by atoms with E-state index in [1.165, 1.54) is 9.80 Å². The Labute approximate surface area is 492 Å². The van der Waals surface area contributed by atoms with Crippen LogP contribution in [0.5, 0.6) is 0 Å². The summed E-state index contributed by atoms with van der Waals surface area (Å²) in [7, 11) is 0. The maximum absolute atomic E-state index is 14.9. The van der Waals surface area contributed by atoms with Gasteiger partial charge in [-0.15, -0.1) is 0 Å². The lowest BCUT2D eigenvalue weighted by Crippen LogP contribution is -2.63. The lowest BCUT2D eigenvalue weighted by molar-refractivity contribution is -0.185. The van der Waals surface area contributed by atoms with Crippen LogP contribution in [0.25, 0.3) is 66.6 Å². The highest BCUT2D eigenvalue weighted by molar-refractivity contribution is 6.08. The molecule has 6 atom stereocenters. The van der Waals surface area contributed by atoms with Crippen molar-refractivity contribution >= 4 is 79.9 Å². The summed E-state index contributed by atoms with van der Waals surface area (Å²) in [6, 6.07) is 20.2. The van der Waals surface area contributed by atoms with Crippen LogP contribution in [0, 0.1) is 46.3 Å². The van der Waals surface area contributed by atoms with E-state index in [0.29, 0.717) is 32.1 Å². The molecule has 2 aromatic carbocycles. The second kappa shape index (κ2) is 19.9. The number of imide groups is 2. The van der Waals surface area contributed by atoms with E-state index in [1.807, 2.05) is 70.2 Å². The Morgan fingerprint density at radius 2 is 0.833 bits per heavy atom. The third kappa shape index (κ3) is 8.68. The number of nitrogens with zero attached hydrogens (tertiary/aromatic N) is 4. The average molecular weight is 1130 g/mol. The maximum atomic E-state index is 14.9. The number of rotatable bonds is 12. The van der Waals surface area contributed by atoms with Gasteiger partial charge in [0.2, 0.25) is 23.6 Å². The van der Waals surface area contributed by atoms with Gasteiger partial charge in [0.05, 0.1) is 57.7 Å². The number of hydrogen-bond donors (Lipinski definition) is 4. The molecule has 4 aliphatic heterocycles. The molecule has 14 heteroatoms. The first-order chi connectivity index (χ1) is 39.5. The highest BCUT2D eigenvalue weighted by atomic mass is 16.4. The molecular weight excluding hydrogens is 1050 g/mol. The molecule has 3 aromatic heterocycles. The molecule has 12 bridgehead atoms. The molecule has 7 heterocycles. The van der Waals surface area contributed by atoms with Gasteiger partial charge in [0.15, 0.2) is 0 Å². The van der Waals surface area contributed by atoms with Gasteiger partial charge in [-0.2, -0.15) is 0 Å². The van der Waals surface area contributed by atoms with Gasteiger partial charge in [0.25, 0.3) is 0 Å². The second-order valence-corrected chi connectivity index (χ2v) is 27.1.